The molecule has 0 unspecified atom stereocenters. The van der Waals surface area contributed by atoms with Gasteiger partial charge in [0.2, 0.25) is 0 Å². The number of carbonyl (C=O) groups is 1. The highest BCUT2D eigenvalue weighted by Crippen LogP contribution is 2.35. The zero-order valence-corrected chi connectivity index (χ0v) is 15.5. The molecule has 8 heteroatoms. The van der Waals surface area contributed by atoms with Gasteiger partial charge in [-0.05, 0) is 48.9 Å². The minimum absolute atomic E-state index is 0.0490. The van der Waals surface area contributed by atoms with Crippen molar-refractivity contribution < 1.29 is 9.90 Å². The van der Waals surface area contributed by atoms with Crippen LogP contribution in [0.4, 0.5) is 5.82 Å². The monoisotopic (exact) mass is 423 g/mol. The Bertz CT molecular complexity index is 943. The predicted molar refractivity (Wildman–Crippen MR) is 97.3 cm³/mol. The number of nitrogens with one attached hydrogen (secondary N) is 1. The number of hydrogen-bond acceptors (Lipinski definition) is 4. The van der Waals surface area contributed by atoms with Crippen LogP contribution in [0.15, 0.2) is 27.5 Å². The quantitative estimate of drug-likeness (QED) is 0.789. The van der Waals surface area contributed by atoms with Gasteiger partial charge in [-0.15, -0.1) is 0 Å². The van der Waals surface area contributed by atoms with Crippen molar-refractivity contribution in [2.45, 2.75) is 37.8 Å². The van der Waals surface area contributed by atoms with E-state index >= 15 is 0 Å². The largest absolute Gasteiger partial charge is 0.480 e. The van der Waals surface area contributed by atoms with Gasteiger partial charge in [-0.2, -0.15) is 0 Å². The molecular weight excluding hydrogens is 410 g/mol. The molecule has 130 valence electrons. The molecule has 2 atom stereocenters. The molecule has 2 heterocycles. The molecule has 2 aliphatic rings. The third kappa shape index (κ3) is 2.75. The van der Waals surface area contributed by atoms with Crippen LogP contribution in [0.3, 0.4) is 0 Å². The number of hydrogen-bond donors (Lipinski definition) is 2. The SMILES string of the molecule is O=C(O)[C@@H]1CCc2c(Cl)nc(N[C@H]3CCc4ccc(Br)cc43)c(=O)n21. The zero-order valence-electron chi connectivity index (χ0n) is 13.1. The number of anilines is 1. The van der Waals surface area contributed by atoms with Gasteiger partial charge >= 0.3 is 5.97 Å². The van der Waals surface area contributed by atoms with Crippen molar-refractivity contribution in [3.8, 4) is 0 Å². The summed E-state index contributed by atoms with van der Waals surface area (Å²) in [6, 6.07) is 5.17. The second-order valence-electron chi connectivity index (χ2n) is 6.34. The smallest absolute Gasteiger partial charge is 0.326 e. The highest BCUT2D eigenvalue weighted by Gasteiger charge is 2.33. The number of carboxylic acid groups (broad SMARTS) is 1. The third-order valence-electron chi connectivity index (χ3n) is 4.91. The average molecular weight is 425 g/mol. The molecule has 0 saturated carbocycles. The summed E-state index contributed by atoms with van der Waals surface area (Å²) in [7, 11) is 0. The van der Waals surface area contributed by atoms with E-state index in [2.05, 4.69) is 32.3 Å². The Morgan fingerprint density at radius 2 is 2.16 bits per heavy atom. The third-order valence-corrected chi connectivity index (χ3v) is 5.70. The Morgan fingerprint density at radius 3 is 2.92 bits per heavy atom. The summed E-state index contributed by atoms with van der Waals surface area (Å²) in [5.41, 5.74) is 2.43. The van der Waals surface area contributed by atoms with Gasteiger partial charge in [0.05, 0.1) is 11.7 Å². The molecule has 0 bridgehead atoms. The van der Waals surface area contributed by atoms with Crippen molar-refractivity contribution >= 4 is 39.3 Å². The molecule has 0 spiro atoms. The minimum Gasteiger partial charge on any atom is -0.480 e. The summed E-state index contributed by atoms with van der Waals surface area (Å²) in [6.07, 6.45) is 2.55. The molecular formula is C17H15BrClN3O3. The van der Waals surface area contributed by atoms with Crippen molar-refractivity contribution in [3.63, 3.8) is 0 Å². The summed E-state index contributed by atoms with van der Waals surface area (Å²) in [4.78, 5) is 28.5. The van der Waals surface area contributed by atoms with Gasteiger partial charge in [0.1, 0.15) is 6.04 Å². The van der Waals surface area contributed by atoms with E-state index < -0.39 is 17.6 Å². The van der Waals surface area contributed by atoms with Crippen LogP contribution in [-0.4, -0.2) is 20.6 Å². The summed E-state index contributed by atoms with van der Waals surface area (Å²) in [6.45, 7) is 0. The van der Waals surface area contributed by atoms with Gasteiger partial charge in [0, 0.05) is 4.47 Å². The van der Waals surface area contributed by atoms with E-state index in [1.54, 1.807) is 0 Å². The number of halogens is 2. The highest BCUT2D eigenvalue weighted by molar-refractivity contribution is 9.10. The van der Waals surface area contributed by atoms with E-state index in [1.165, 1.54) is 10.1 Å². The number of rotatable bonds is 3. The van der Waals surface area contributed by atoms with E-state index in [-0.39, 0.29) is 17.0 Å². The van der Waals surface area contributed by atoms with Crippen LogP contribution in [0.2, 0.25) is 5.15 Å². The van der Waals surface area contributed by atoms with E-state index in [1.807, 2.05) is 12.1 Å². The lowest BCUT2D eigenvalue weighted by Crippen LogP contribution is -2.31. The summed E-state index contributed by atoms with van der Waals surface area (Å²) < 4.78 is 2.25. The van der Waals surface area contributed by atoms with Gasteiger partial charge in [0.25, 0.3) is 5.56 Å². The Labute approximate surface area is 157 Å². The summed E-state index contributed by atoms with van der Waals surface area (Å²) >= 11 is 9.69. The van der Waals surface area contributed by atoms with Gasteiger partial charge < -0.3 is 10.4 Å². The molecule has 2 N–H and O–H groups in total. The Morgan fingerprint density at radius 1 is 1.36 bits per heavy atom. The Kier molecular flexibility index (Phi) is 4.08. The first-order valence-corrected chi connectivity index (χ1v) is 9.21. The fraction of sp³-hybridized carbons (Fsp3) is 0.353. The number of aryl methyl sites for hydroxylation is 1. The number of aromatic nitrogens is 2. The first-order chi connectivity index (χ1) is 12.0. The molecule has 2 aromatic rings. The molecule has 0 amide bonds. The first-order valence-electron chi connectivity index (χ1n) is 8.04. The molecule has 1 aromatic heterocycles. The van der Waals surface area contributed by atoms with Crippen molar-refractivity contribution in [1.29, 1.82) is 0 Å². The molecule has 1 aromatic carbocycles. The fourth-order valence-electron chi connectivity index (χ4n) is 3.72. The maximum atomic E-state index is 12.8. The predicted octanol–water partition coefficient (Wildman–Crippen LogP) is 3.33. The number of aliphatic carboxylic acids is 1. The van der Waals surface area contributed by atoms with Gasteiger partial charge in [-0.3, -0.25) is 9.36 Å². The van der Waals surface area contributed by atoms with Crippen molar-refractivity contribution in [2.75, 3.05) is 5.32 Å². The van der Waals surface area contributed by atoms with Crippen molar-refractivity contribution in [1.82, 2.24) is 9.55 Å². The molecule has 0 saturated heterocycles. The van der Waals surface area contributed by atoms with Crippen LogP contribution < -0.4 is 10.9 Å². The molecule has 1 aliphatic carbocycles. The lowest BCUT2D eigenvalue weighted by atomic mass is 10.1. The van der Waals surface area contributed by atoms with Crippen molar-refractivity contribution in [3.05, 3.63) is 55.0 Å². The summed E-state index contributed by atoms with van der Waals surface area (Å²) in [5.74, 6) is -0.913. The number of nitrogens with zero attached hydrogens (tertiary/aromatic N) is 2. The second kappa shape index (κ2) is 6.14. The lowest BCUT2D eigenvalue weighted by Gasteiger charge is -2.17. The fourth-order valence-corrected chi connectivity index (χ4v) is 4.37. The Hall–Kier alpha value is -1.86. The lowest BCUT2D eigenvalue weighted by molar-refractivity contribution is -0.140. The van der Waals surface area contributed by atoms with Gasteiger partial charge in [0.15, 0.2) is 11.0 Å². The van der Waals surface area contributed by atoms with Crippen LogP contribution in [-0.2, 0) is 17.6 Å². The van der Waals surface area contributed by atoms with Gasteiger partial charge in [-0.25, -0.2) is 9.78 Å². The number of carboxylic acids is 1. The van der Waals surface area contributed by atoms with Crippen LogP contribution in [0.5, 0.6) is 0 Å². The standard InChI is InChI=1S/C17H15BrClN3O3/c18-9-3-1-8-2-4-11(10(8)7-9)20-15-16(23)22-12(14(19)21-15)5-6-13(22)17(24)25/h1,3,7,11,13H,2,4-6H2,(H,20,21)(H,24,25)/t11-,13-/m0/s1. The summed E-state index contributed by atoms with van der Waals surface area (Å²) in [5, 5.41) is 12.7. The number of fused-ring (bicyclic) bond motifs is 2. The van der Waals surface area contributed by atoms with E-state index in [9.17, 15) is 14.7 Å². The molecule has 6 nitrogen and oxygen atoms in total. The van der Waals surface area contributed by atoms with Crippen LogP contribution in [0.25, 0.3) is 0 Å². The Balaban J connectivity index is 1.73. The minimum atomic E-state index is -1.02. The average Bonchev–Trinajstić information content (AvgIpc) is 3.17. The van der Waals surface area contributed by atoms with Crippen molar-refractivity contribution in [2.24, 2.45) is 0 Å². The maximum Gasteiger partial charge on any atom is 0.326 e. The normalized spacial score (nSPS) is 21.0. The number of benzene rings is 1. The zero-order chi connectivity index (χ0) is 17.7. The van der Waals surface area contributed by atoms with E-state index in [0.29, 0.717) is 18.5 Å². The maximum absolute atomic E-state index is 12.8. The molecule has 1 aliphatic heterocycles. The topological polar surface area (TPSA) is 84.2 Å². The highest BCUT2D eigenvalue weighted by atomic mass is 79.9. The van der Waals surface area contributed by atoms with Crippen LogP contribution in [0.1, 0.15) is 41.7 Å². The molecule has 0 radical (unpaired) electrons. The van der Waals surface area contributed by atoms with E-state index in [0.717, 1.165) is 22.9 Å². The molecule has 0 fully saturated rings. The van der Waals surface area contributed by atoms with Crippen LogP contribution in [0, 0.1) is 0 Å². The molecule has 25 heavy (non-hydrogen) atoms. The first kappa shape index (κ1) is 16.6. The van der Waals surface area contributed by atoms with Gasteiger partial charge in [-0.1, -0.05) is 33.6 Å². The van der Waals surface area contributed by atoms with Crippen LogP contribution >= 0.6 is 27.5 Å². The van der Waals surface area contributed by atoms with E-state index in [4.69, 9.17) is 11.6 Å². The molecule has 4 rings (SSSR count). The second-order valence-corrected chi connectivity index (χ2v) is 7.62.